The summed E-state index contributed by atoms with van der Waals surface area (Å²) < 4.78 is 4.92. The van der Waals surface area contributed by atoms with Crippen LogP contribution in [0.1, 0.15) is 6.92 Å². The van der Waals surface area contributed by atoms with Crippen molar-refractivity contribution in [3.63, 3.8) is 0 Å². The van der Waals surface area contributed by atoms with E-state index in [0.717, 1.165) is 12.4 Å². The highest BCUT2D eigenvalue weighted by Crippen LogP contribution is 2.13. The highest BCUT2D eigenvalue weighted by atomic mass is 16.5. The largest absolute Gasteiger partial charge is 0.462 e. The summed E-state index contributed by atoms with van der Waals surface area (Å²) in [6.07, 6.45) is 9.00. The molecule has 2 rings (SSSR count). The van der Waals surface area contributed by atoms with Crippen molar-refractivity contribution < 1.29 is 9.53 Å². The molecule has 4 heteroatoms. The lowest BCUT2D eigenvalue weighted by Crippen LogP contribution is -2.29. The van der Waals surface area contributed by atoms with Crippen LogP contribution < -0.4 is 0 Å². The van der Waals surface area contributed by atoms with Crippen LogP contribution in [0, 0.1) is 0 Å². The van der Waals surface area contributed by atoms with Gasteiger partial charge in [0.25, 0.3) is 0 Å². The molecular formula is C11H12N2O2. The van der Waals surface area contributed by atoms with Crippen molar-refractivity contribution in [2.24, 2.45) is 4.99 Å². The fraction of sp³-hybridized carbons (Fsp3) is 0.273. The maximum Gasteiger partial charge on any atom is 0.339 e. The smallest absolute Gasteiger partial charge is 0.339 e. The molecule has 0 amide bonds. The Hall–Kier alpha value is -1.84. The van der Waals surface area contributed by atoms with Gasteiger partial charge in [-0.3, -0.25) is 0 Å². The van der Waals surface area contributed by atoms with Gasteiger partial charge >= 0.3 is 5.97 Å². The Morgan fingerprint density at radius 3 is 3.27 bits per heavy atom. The van der Waals surface area contributed by atoms with Crippen LogP contribution in [0.3, 0.4) is 0 Å². The van der Waals surface area contributed by atoms with Crippen molar-refractivity contribution >= 4 is 11.8 Å². The third kappa shape index (κ3) is 1.98. The van der Waals surface area contributed by atoms with Crippen LogP contribution in [0.15, 0.2) is 41.2 Å². The fourth-order valence-corrected chi connectivity index (χ4v) is 1.43. The molecule has 0 aliphatic carbocycles. The number of amidine groups is 1. The minimum Gasteiger partial charge on any atom is -0.462 e. The number of hydrogen-bond donors (Lipinski definition) is 0. The molecular weight excluding hydrogens is 192 g/mol. The molecule has 0 N–H and O–H groups in total. The lowest BCUT2D eigenvalue weighted by molar-refractivity contribution is -0.138. The number of hydrogen-bond acceptors (Lipinski definition) is 4. The Morgan fingerprint density at radius 2 is 2.47 bits per heavy atom. The molecule has 4 nitrogen and oxygen atoms in total. The van der Waals surface area contributed by atoms with Crippen LogP contribution in [0.25, 0.3) is 0 Å². The molecule has 0 atom stereocenters. The number of esters is 1. The lowest BCUT2D eigenvalue weighted by Gasteiger charge is -2.24. The summed E-state index contributed by atoms with van der Waals surface area (Å²) in [6, 6.07) is 0. The topological polar surface area (TPSA) is 41.9 Å². The van der Waals surface area contributed by atoms with Gasteiger partial charge in [0.2, 0.25) is 0 Å². The van der Waals surface area contributed by atoms with Crippen LogP contribution in [0.2, 0.25) is 0 Å². The van der Waals surface area contributed by atoms with E-state index in [1.165, 1.54) is 0 Å². The zero-order chi connectivity index (χ0) is 10.7. The fourth-order valence-electron chi connectivity index (χ4n) is 1.43. The van der Waals surface area contributed by atoms with Crippen molar-refractivity contribution in [1.82, 2.24) is 4.90 Å². The monoisotopic (exact) mass is 204 g/mol. The molecule has 0 aromatic carbocycles. The molecule has 0 unspecified atom stereocenters. The van der Waals surface area contributed by atoms with E-state index >= 15 is 0 Å². The Labute approximate surface area is 88.2 Å². The third-order valence-electron chi connectivity index (χ3n) is 2.13. The van der Waals surface area contributed by atoms with E-state index in [-0.39, 0.29) is 5.97 Å². The van der Waals surface area contributed by atoms with Crippen LogP contribution in [-0.2, 0) is 9.53 Å². The molecule has 0 fully saturated rings. The maximum atomic E-state index is 11.4. The summed E-state index contributed by atoms with van der Waals surface area (Å²) in [5.74, 6) is 0.563. The van der Waals surface area contributed by atoms with Gasteiger partial charge in [0, 0.05) is 18.9 Å². The van der Waals surface area contributed by atoms with Gasteiger partial charge in [-0.1, -0.05) is 0 Å². The average Bonchev–Trinajstić information content (AvgIpc) is 2.29. The normalized spacial score (nSPS) is 18.1. The summed E-state index contributed by atoms with van der Waals surface area (Å²) in [5.41, 5.74) is 0.561. The minimum absolute atomic E-state index is 0.289. The molecule has 2 aliphatic rings. The van der Waals surface area contributed by atoms with Crippen molar-refractivity contribution in [3.05, 3.63) is 36.2 Å². The molecule has 0 aromatic rings. The molecule has 0 bridgehead atoms. The van der Waals surface area contributed by atoms with Crippen molar-refractivity contribution in [1.29, 1.82) is 0 Å². The first-order chi connectivity index (χ1) is 7.31. The van der Waals surface area contributed by atoms with Crippen LogP contribution in [0.5, 0.6) is 0 Å². The summed E-state index contributed by atoms with van der Waals surface area (Å²) >= 11 is 0. The van der Waals surface area contributed by atoms with E-state index in [1.54, 1.807) is 25.4 Å². The second kappa shape index (κ2) is 4.13. The summed E-state index contributed by atoms with van der Waals surface area (Å²) in [7, 11) is 0. The van der Waals surface area contributed by atoms with E-state index in [0.29, 0.717) is 12.2 Å². The predicted molar refractivity (Wildman–Crippen MR) is 57.1 cm³/mol. The summed E-state index contributed by atoms with van der Waals surface area (Å²) in [4.78, 5) is 17.5. The molecule has 0 saturated carbocycles. The van der Waals surface area contributed by atoms with E-state index in [4.69, 9.17) is 4.74 Å². The predicted octanol–water partition coefficient (Wildman–Crippen LogP) is 1.23. The second-order valence-electron chi connectivity index (χ2n) is 3.16. The number of carbonyl (C=O) groups excluding carboxylic acids is 1. The summed E-state index contributed by atoms with van der Waals surface area (Å²) in [5, 5.41) is 0. The quantitative estimate of drug-likeness (QED) is 0.635. The molecule has 2 heterocycles. The van der Waals surface area contributed by atoms with Gasteiger partial charge < -0.3 is 9.64 Å². The molecule has 0 spiro atoms. The molecule has 15 heavy (non-hydrogen) atoms. The SMILES string of the molecule is CCOC(=O)C1=CN2CC=CN=C2C=C1. The maximum absolute atomic E-state index is 11.4. The third-order valence-corrected chi connectivity index (χ3v) is 2.13. The highest BCUT2D eigenvalue weighted by Gasteiger charge is 2.17. The number of ether oxygens (including phenoxy) is 1. The molecule has 2 aliphatic heterocycles. The van der Waals surface area contributed by atoms with E-state index in [2.05, 4.69) is 4.99 Å². The van der Waals surface area contributed by atoms with E-state index in [9.17, 15) is 4.79 Å². The molecule has 0 radical (unpaired) electrons. The first kappa shape index (κ1) is 9.71. The Kier molecular flexibility index (Phi) is 2.67. The number of fused-ring (bicyclic) bond motifs is 1. The average molecular weight is 204 g/mol. The van der Waals surface area contributed by atoms with Crippen molar-refractivity contribution in [2.45, 2.75) is 6.92 Å². The van der Waals surface area contributed by atoms with Crippen molar-refractivity contribution in [2.75, 3.05) is 13.2 Å². The number of aliphatic imine (C=N–C) groups is 1. The highest BCUT2D eigenvalue weighted by molar-refractivity contribution is 6.01. The standard InChI is InChI=1S/C11H12N2O2/c1-2-15-11(14)9-4-5-10-12-6-3-7-13(10)8-9/h3-6,8H,2,7H2,1H3. The Morgan fingerprint density at radius 1 is 1.60 bits per heavy atom. The van der Waals surface area contributed by atoms with Gasteiger partial charge in [0.15, 0.2) is 0 Å². The van der Waals surface area contributed by atoms with Crippen LogP contribution >= 0.6 is 0 Å². The zero-order valence-corrected chi connectivity index (χ0v) is 8.51. The second-order valence-corrected chi connectivity index (χ2v) is 3.16. The Bertz CT molecular complexity index is 391. The molecule has 0 saturated heterocycles. The number of rotatable bonds is 2. The van der Waals surface area contributed by atoms with E-state index < -0.39 is 0 Å². The van der Waals surface area contributed by atoms with Crippen molar-refractivity contribution in [3.8, 4) is 0 Å². The van der Waals surface area contributed by atoms with Gasteiger partial charge in [0.1, 0.15) is 5.84 Å². The van der Waals surface area contributed by atoms with Crippen LogP contribution in [-0.4, -0.2) is 29.9 Å². The minimum atomic E-state index is -0.289. The van der Waals surface area contributed by atoms with Gasteiger partial charge in [-0.25, -0.2) is 9.79 Å². The van der Waals surface area contributed by atoms with E-state index in [1.807, 2.05) is 17.1 Å². The first-order valence-electron chi connectivity index (χ1n) is 4.87. The van der Waals surface area contributed by atoms with Gasteiger partial charge in [0.05, 0.1) is 12.2 Å². The Balaban J connectivity index is 2.15. The zero-order valence-electron chi connectivity index (χ0n) is 8.51. The number of nitrogens with zero attached hydrogens (tertiary/aromatic N) is 2. The van der Waals surface area contributed by atoms with Gasteiger partial charge in [-0.2, -0.15) is 0 Å². The molecule has 0 aromatic heterocycles. The van der Waals surface area contributed by atoms with Gasteiger partial charge in [-0.05, 0) is 25.2 Å². The van der Waals surface area contributed by atoms with Gasteiger partial charge in [-0.15, -0.1) is 0 Å². The summed E-state index contributed by atoms with van der Waals surface area (Å²) in [6.45, 7) is 2.93. The first-order valence-corrected chi connectivity index (χ1v) is 4.87. The van der Waals surface area contributed by atoms with Crippen LogP contribution in [0.4, 0.5) is 0 Å². The molecule has 78 valence electrons. The number of carbonyl (C=O) groups is 1. The lowest BCUT2D eigenvalue weighted by atomic mass is 10.2.